The Hall–Kier alpha value is -1.96. The minimum absolute atomic E-state index is 0.0265. The minimum atomic E-state index is -0.278. The smallest absolute Gasteiger partial charge is 0.227 e. The van der Waals surface area contributed by atoms with Gasteiger partial charge in [-0.25, -0.2) is 0 Å². The summed E-state index contributed by atoms with van der Waals surface area (Å²) in [6.45, 7) is 1.28. The fourth-order valence-corrected chi connectivity index (χ4v) is 3.62. The molecule has 2 unspecified atom stereocenters. The van der Waals surface area contributed by atoms with Crippen LogP contribution in [0, 0.1) is 0 Å². The van der Waals surface area contributed by atoms with Crippen LogP contribution in [0.3, 0.4) is 0 Å². The minimum Gasteiger partial charge on any atom is -0.395 e. The van der Waals surface area contributed by atoms with Crippen molar-refractivity contribution < 1.29 is 24.2 Å². The van der Waals surface area contributed by atoms with Crippen LogP contribution < -0.4 is 5.32 Å². The number of anilines is 1. The largest absolute Gasteiger partial charge is 0.395 e. The summed E-state index contributed by atoms with van der Waals surface area (Å²) in [5, 5.41) is 12.1. The van der Waals surface area contributed by atoms with Gasteiger partial charge in [0.15, 0.2) is 0 Å². The summed E-state index contributed by atoms with van der Waals surface area (Å²) in [4.78, 5) is 26.0. The van der Waals surface area contributed by atoms with Crippen molar-refractivity contribution in [1.82, 2.24) is 4.90 Å². The Morgan fingerprint density at radius 1 is 1.33 bits per heavy atom. The predicted molar refractivity (Wildman–Crippen MR) is 100 cm³/mol. The van der Waals surface area contributed by atoms with Gasteiger partial charge in [0.2, 0.25) is 11.8 Å². The predicted octanol–water partition coefficient (Wildman–Crippen LogP) is 2.21. The number of para-hydroxylation sites is 1. The number of aliphatic hydroxyl groups is 1. The summed E-state index contributed by atoms with van der Waals surface area (Å²) in [5.41, 5.74) is 1.76. The van der Waals surface area contributed by atoms with Crippen LogP contribution in [-0.2, 0) is 19.1 Å². The zero-order chi connectivity index (χ0) is 19.1. The summed E-state index contributed by atoms with van der Waals surface area (Å²) in [5.74, 6) is -0.0836. The summed E-state index contributed by atoms with van der Waals surface area (Å²) < 4.78 is 11.6. The molecule has 2 heterocycles. The van der Waals surface area contributed by atoms with Gasteiger partial charge < -0.3 is 24.8 Å². The van der Waals surface area contributed by atoms with Gasteiger partial charge in [-0.15, -0.1) is 0 Å². The Labute approximate surface area is 159 Å². The summed E-state index contributed by atoms with van der Waals surface area (Å²) in [7, 11) is 0. The number of hydrogen-bond acceptors (Lipinski definition) is 5. The van der Waals surface area contributed by atoms with Gasteiger partial charge in [-0.05, 0) is 31.7 Å². The lowest BCUT2D eigenvalue weighted by molar-refractivity contribution is -0.152. The van der Waals surface area contributed by atoms with E-state index in [4.69, 9.17) is 9.47 Å². The second-order valence-corrected chi connectivity index (χ2v) is 6.93. The van der Waals surface area contributed by atoms with Gasteiger partial charge >= 0.3 is 0 Å². The number of carbonyl (C=O) groups is 2. The maximum atomic E-state index is 12.5. The lowest BCUT2D eigenvalue weighted by atomic mass is 10.00. The molecule has 27 heavy (non-hydrogen) atoms. The van der Waals surface area contributed by atoms with Crippen molar-refractivity contribution in [3.8, 4) is 0 Å². The number of amides is 2. The van der Waals surface area contributed by atoms with E-state index in [-0.39, 0.29) is 37.2 Å². The van der Waals surface area contributed by atoms with E-state index in [1.54, 1.807) is 4.90 Å². The Bertz CT molecular complexity index is 645. The first kappa shape index (κ1) is 19.8. The standard InChI is InChI=1S/C20H28N2O5/c23-11-10-22(20-9-3-4-12-27-20)19(25)8-5-13-26-17-14-18(24)21-16-7-2-1-6-15(16)17/h1-2,6-7,17,20,23H,3-5,8-14H2,(H,21,24). The molecule has 3 rings (SSSR count). The van der Waals surface area contributed by atoms with Crippen LogP contribution in [0.25, 0.3) is 0 Å². The van der Waals surface area contributed by atoms with Gasteiger partial charge in [0.05, 0.1) is 19.1 Å². The highest BCUT2D eigenvalue weighted by atomic mass is 16.5. The number of hydrogen-bond donors (Lipinski definition) is 2. The monoisotopic (exact) mass is 376 g/mol. The Balaban J connectivity index is 1.47. The molecule has 7 nitrogen and oxygen atoms in total. The molecule has 1 fully saturated rings. The highest BCUT2D eigenvalue weighted by molar-refractivity contribution is 5.94. The zero-order valence-electron chi connectivity index (χ0n) is 15.6. The molecule has 2 N–H and O–H groups in total. The molecule has 0 bridgehead atoms. The number of carbonyl (C=O) groups excluding carboxylic acids is 2. The number of benzene rings is 1. The lowest BCUT2D eigenvalue weighted by Crippen LogP contribution is -2.45. The first-order chi connectivity index (χ1) is 13.2. The molecular formula is C20H28N2O5. The number of ether oxygens (including phenoxy) is 2. The molecule has 1 saturated heterocycles. The van der Waals surface area contributed by atoms with Crippen molar-refractivity contribution in [2.45, 2.75) is 50.9 Å². The molecule has 1 aromatic rings. The Kier molecular flexibility index (Phi) is 7.20. The van der Waals surface area contributed by atoms with Gasteiger partial charge in [-0.3, -0.25) is 9.59 Å². The molecular weight excluding hydrogens is 348 g/mol. The van der Waals surface area contributed by atoms with Crippen LogP contribution in [0.15, 0.2) is 24.3 Å². The zero-order valence-corrected chi connectivity index (χ0v) is 15.6. The molecule has 7 heteroatoms. The summed E-state index contributed by atoms with van der Waals surface area (Å²) in [6.07, 6.45) is 3.55. The van der Waals surface area contributed by atoms with E-state index in [9.17, 15) is 14.7 Å². The third-order valence-corrected chi connectivity index (χ3v) is 4.97. The van der Waals surface area contributed by atoms with Crippen LogP contribution in [0.2, 0.25) is 0 Å². The number of aliphatic hydroxyl groups excluding tert-OH is 1. The third-order valence-electron chi connectivity index (χ3n) is 4.97. The van der Waals surface area contributed by atoms with Crippen LogP contribution in [0.1, 0.15) is 50.2 Å². The molecule has 2 aliphatic rings. The van der Waals surface area contributed by atoms with Crippen LogP contribution >= 0.6 is 0 Å². The Morgan fingerprint density at radius 2 is 2.19 bits per heavy atom. The topological polar surface area (TPSA) is 88.1 Å². The van der Waals surface area contributed by atoms with Crippen LogP contribution in [0.4, 0.5) is 5.69 Å². The molecule has 2 atom stereocenters. The fraction of sp³-hybridized carbons (Fsp3) is 0.600. The number of rotatable bonds is 8. The van der Waals surface area contributed by atoms with Crippen molar-refractivity contribution in [3.05, 3.63) is 29.8 Å². The van der Waals surface area contributed by atoms with Crippen molar-refractivity contribution in [2.24, 2.45) is 0 Å². The average Bonchev–Trinajstić information content (AvgIpc) is 2.69. The molecule has 0 aliphatic carbocycles. The van der Waals surface area contributed by atoms with Gasteiger partial charge in [0.25, 0.3) is 0 Å². The quantitative estimate of drug-likeness (QED) is 0.679. The SMILES string of the molecule is O=C1CC(OCCCC(=O)N(CCO)C2CCCCO2)c2ccccc2N1. The molecule has 148 valence electrons. The molecule has 1 aromatic carbocycles. The van der Waals surface area contributed by atoms with Crippen molar-refractivity contribution in [3.63, 3.8) is 0 Å². The molecule has 0 aromatic heterocycles. The Morgan fingerprint density at radius 3 is 2.96 bits per heavy atom. The molecule has 2 amide bonds. The molecule has 0 radical (unpaired) electrons. The number of nitrogens with zero attached hydrogens (tertiary/aromatic N) is 1. The van der Waals surface area contributed by atoms with Crippen LogP contribution in [-0.4, -0.2) is 54.4 Å². The van der Waals surface area contributed by atoms with Crippen molar-refractivity contribution in [2.75, 3.05) is 31.7 Å². The van der Waals surface area contributed by atoms with E-state index in [2.05, 4.69) is 5.32 Å². The van der Waals surface area contributed by atoms with Crippen molar-refractivity contribution >= 4 is 17.5 Å². The molecule has 0 saturated carbocycles. The number of nitrogens with one attached hydrogen (secondary N) is 1. The maximum Gasteiger partial charge on any atom is 0.227 e. The van der Waals surface area contributed by atoms with Gasteiger partial charge in [0.1, 0.15) is 6.23 Å². The maximum absolute atomic E-state index is 12.5. The van der Waals surface area contributed by atoms with Gasteiger partial charge in [0, 0.05) is 37.4 Å². The molecule has 2 aliphatic heterocycles. The highest BCUT2D eigenvalue weighted by Crippen LogP contribution is 2.32. The first-order valence-corrected chi connectivity index (χ1v) is 9.71. The lowest BCUT2D eigenvalue weighted by Gasteiger charge is -2.34. The fourth-order valence-electron chi connectivity index (χ4n) is 3.62. The van der Waals surface area contributed by atoms with E-state index in [1.165, 1.54) is 0 Å². The van der Waals surface area contributed by atoms with Gasteiger partial charge in [-0.1, -0.05) is 18.2 Å². The second-order valence-electron chi connectivity index (χ2n) is 6.93. The van der Waals surface area contributed by atoms with E-state index in [1.807, 2.05) is 24.3 Å². The molecule has 0 spiro atoms. The summed E-state index contributed by atoms with van der Waals surface area (Å²) >= 11 is 0. The normalized spacial score (nSPS) is 22.0. The first-order valence-electron chi connectivity index (χ1n) is 9.71. The van der Waals surface area contributed by atoms with Gasteiger partial charge in [-0.2, -0.15) is 0 Å². The summed E-state index contributed by atoms with van der Waals surface area (Å²) in [6, 6.07) is 7.62. The highest BCUT2D eigenvalue weighted by Gasteiger charge is 2.27. The van der Waals surface area contributed by atoms with E-state index < -0.39 is 0 Å². The van der Waals surface area contributed by atoms with E-state index in [0.717, 1.165) is 30.5 Å². The van der Waals surface area contributed by atoms with E-state index >= 15 is 0 Å². The van der Waals surface area contributed by atoms with Crippen LogP contribution in [0.5, 0.6) is 0 Å². The second kappa shape index (κ2) is 9.82. The van der Waals surface area contributed by atoms with Crippen molar-refractivity contribution in [1.29, 1.82) is 0 Å². The number of fused-ring (bicyclic) bond motifs is 1. The van der Waals surface area contributed by atoms with E-state index in [0.29, 0.717) is 32.6 Å². The third kappa shape index (κ3) is 5.28. The average molecular weight is 376 g/mol.